The molecule has 1 aliphatic rings. The van der Waals surface area contributed by atoms with E-state index < -0.39 is 0 Å². The summed E-state index contributed by atoms with van der Waals surface area (Å²) in [5.74, 6) is 1.50. The highest BCUT2D eigenvalue weighted by molar-refractivity contribution is 5.42. The Labute approximate surface area is 129 Å². The third-order valence-electron chi connectivity index (χ3n) is 3.66. The molecule has 2 aromatic heterocycles. The van der Waals surface area contributed by atoms with Gasteiger partial charge in [-0.05, 0) is 19.1 Å². The normalized spacial score (nSPS) is 15.4. The lowest BCUT2D eigenvalue weighted by Crippen LogP contribution is -2.38. The second-order valence-corrected chi connectivity index (χ2v) is 5.32. The van der Waals surface area contributed by atoms with Crippen molar-refractivity contribution in [3.05, 3.63) is 42.0 Å². The molecular weight excluding hydrogens is 278 g/mol. The summed E-state index contributed by atoms with van der Waals surface area (Å²) in [5.41, 5.74) is 1.44. The van der Waals surface area contributed by atoms with Crippen molar-refractivity contribution in [3.63, 3.8) is 0 Å². The van der Waals surface area contributed by atoms with E-state index in [0.717, 1.165) is 37.4 Å². The molecule has 2 aromatic rings. The zero-order chi connectivity index (χ0) is 15.4. The summed E-state index contributed by atoms with van der Waals surface area (Å²) in [7, 11) is 0. The summed E-state index contributed by atoms with van der Waals surface area (Å²) in [5, 5.41) is 8.80. The monoisotopic (exact) mass is 295 g/mol. The van der Waals surface area contributed by atoms with E-state index in [1.807, 2.05) is 13.0 Å². The summed E-state index contributed by atoms with van der Waals surface area (Å²) >= 11 is 0. The lowest BCUT2D eigenvalue weighted by molar-refractivity contribution is 0.163. The first kappa shape index (κ1) is 14.3. The molecule has 1 saturated heterocycles. The smallest absolute Gasteiger partial charge is 0.232 e. The number of rotatable bonds is 3. The number of pyridine rings is 1. The first-order valence-electron chi connectivity index (χ1n) is 7.31. The van der Waals surface area contributed by atoms with Crippen LogP contribution in [0.1, 0.15) is 24.1 Å². The van der Waals surface area contributed by atoms with E-state index in [2.05, 4.69) is 25.9 Å². The van der Waals surface area contributed by atoms with Gasteiger partial charge in [-0.15, -0.1) is 0 Å². The van der Waals surface area contributed by atoms with Gasteiger partial charge in [-0.3, -0.25) is 4.98 Å². The standard InChI is InChI=1S/C16H17N5O/c1-12-9-18-11-16(20-12)22-14-4-6-21(7-5-14)15-3-2-13(8-17)10-19-15/h2-3,9-11,14H,4-7H2,1H3. The summed E-state index contributed by atoms with van der Waals surface area (Å²) in [6, 6.07) is 5.78. The van der Waals surface area contributed by atoms with E-state index >= 15 is 0 Å². The minimum atomic E-state index is 0.158. The predicted octanol–water partition coefficient (Wildman–Crippen LogP) is 2.10. The summed E-state index contributed by atoms with van der Waals surface area (Å²) < 4.78 is 5.89. The Kier molecular flexibility index (Phi) is 4.15. The van der Waals surface area contributed by atoms with Gasteiger partial charge in [0.1, 0.15) is 18.0 Å². The Bertz CT molecular complexity index is 672. The fraction of sp³-hybridized carbons (Fsp3) is 0.375. The average molecular weight is 295 g/mol. The minimum absolute atomic E-state index is 0.158. The first-order valence-corrected chi connectivity index (χ1v) is 7.31. The van der Waals surface area contributed by atoms with Crippen LogP contribution in [-0.2, 0) is 0 Å². The molecule has 1 aliphatic heterocycles. The van der Waals surface area contributed by atoms with Gasteiger partial charge in [0.05, 0.1) is 17.5 Å². The Hall–Kier alpha value is -2.68. The lowest BCUT2D eigenvalue weighted by atomic mass is 10.1. The van der Waals surface area contributed by atoms with E-state index in [9.17, 15) is 0 Å². The van der Waals surface area contributed by atoms with Gasteiger partial charge in [0.2, 0.25) is 5.88 Å². The Morgan fingerprint density at radius 1 is 1.23 bits per heavy atom. The maximum atomic E-state index is 8.80. The van der Waals surface area contributed by atoms with Crippen molar-refractivity contribution < 1.29 is 4.74 Å². The van der Waals surface area contributed by atoms with Gasteiger partial charge in [0.25, 0.3) is 0 Å². The van der Waals surface area contributed by atoms with E-state index in [0.29, 0.717) is 11.4 Å². The molecule has 0 unspecified atom stereocenters. The van der Waals surface area contributed by atoms with Crippen molar-refractivity contribution in [2.45, 2.75) is 25.9 Å². The average Bonchev–Trinajstić information content (AvgIpc) is 2.56. The number of aromatic nitrogens is 3. The SMILES string of the molecule is Cc1cncc(OC2CCN(c3ccc(C#N)cn3)CC2)n1. The molecule has 0 aromatic carbocycles. The number of nitriles is 1. The lowest BCUT2D eigenvalue weighted by Gasteiger charge is -2.32. The van der Waals surface area contributed by atoms with Crippen molar-refractivity contribution in [1.82, 2.24) is 15.0 Å². The molecule has 0 atom stereocenters. The third kappa shape index (κ3) is 3.31. The van der Waals surface area contributed by atoms with Crippen LogP contribution in [0.4, 0.5) is 5.82 Å². The zero-order valence-electron chi connectivity index (χ0n) is 12.4. The molecule has 6 nitrogen and oxygen atoms in total. The largest absolute Gasteiger partial charge is 0.473 e. The van der Waals surface area contributed by atoms with E-state index in [4.69, 9.17) is 10.00 Å². The van der Waals surface area contributed by atoms with Crippen molar-refractivity contribution in [3.8, 4) is 11.9 Å². The van der Waals surface area contributed by atoms with Crippen LogP contribution in [0.2, 0.25) is 0 Å². The predicted molar refractivity (Wildman–Crippen MR) is 81.6 cm³/mol. The van der Waals surface area contributed by atoms with Crippen LogP contribution in [0.25, 0.3) is 0 Å². The van der Waals surface area contributed by atoms with E-state index in [1.54, 1.807) is 24.7 Å². The van der Waals surface area contributed by atoms with E-state index in [-0.39, 0.29) is 6.10 Å². The van der Waals surface area contributed by atoms with Gasteiger partial charge in [-0.25, -0.2) is 9.97 Å². The van der Waals surface area contributed by atoms with E-state index in [1.165, 1.54) is 0 Å². The molecule has 0 saturated carbocycles. The molecule has 6 heteroatoms. The fourth-order valence-corrected chi connectivity index (χ4v) is 2.51. The topological polar surface area (TPSA) is 74.9 Å². The number of hydrogen-bond acceptors (Lipinski definition) is 6. The highest BCUT2D eigenvalue weighted by Gasteiger charge is 2.21. The molecule has 0 aliphatic carbocycles. The molecule has 0 amide bonds. The second-order valence-electron chi connectivity index (χ2n) is 5.32. The van der Waals surface area contributed by atoms with Crippen LogP contribution in [-0.4, -0.2) is 34.1 Å². The van der Waals surface area contributed by atoms with Crippen LogP contribution >= 0.6 is 0 Å². The Balaban J connectivity index is 1.57. The summed E-state index contributed by atoms with van der Waals surface area (Å²) in [4.78, 5) is 15.0. The van der Waals surface area contributed by atoms with Crippen LogP contribution in [0, 0.1) is 18.3 Å². The highest BCUT2D eigenvalue weighted by Crippen LogP contribution is 2.21. The number of piperidine rings is 1. The fourth-order valence-electron chi connectivity index (χ4n) is 2.51. The number of aryl methyl sites for hydroxylation is 1. The summed E-state index contributed by atoms with van der Waals surface area (Å²) in [6.45, 7) is 3.66. The van der Waals surface area contributed by atoms with Crippen LogP contribution < -0.4 is 9.64 Å². The first-order chi connectivity index (χ1) is 10.7. The third-order valence-corrected chi connectivity index (χ3v) is 3.66. The maximum absolute atomic E-state index is 8.80. The van der Waals surface area contributed by atoms with Gasteiger partial charge in [0, 0.05) is 38.3 Å². The molecule has 3 heterocycles. The van der Waals surface area contributed by atoms with Gasteiger partial charge >= 0.3 is 0 Å². The molecule has 1 fully saturated rings. The highest BCUT2D eigenvalue weighted by atomic mass is 16.5. The van der Waals surface area contributed by atoms with Gasteiger partial charge in [-0.1, -0.05) is 0 Å². The molecule has 0 bridgehead atoms. The zero-order valence-corrected chi connectivity index (χ0v) is 12.4. The van der Waals surface area contributed by atoms with Crippen molar-refractivity contribution in [1.29, 1.82) is 5.26 Å². The number of anilines is 1. The van der Waals surface area contributed by atoms with Gasteiger partial charge in [0.15, 0.2) is 0 Å². The van der Waals surface area contributed by atoms with Gasteiger partial charge < -0.3 is 9.64 Å². The van der Waals surface area contributed by atoms with Crippen LogP contribution in [0.5, 0.6) is 5.88 Å². The molecule has 0 N–H and O–H groups in total. The van der Waals surface area contributed by atoms with Crippen LogP contribution in [0.15, 0.2) is 30.7 Å². The molecule has 22 heavy (non-hydrogen) atoms. The second kappa shape index (κ2) is 6.39. The van der Waals surface area contributed by atoms with Gasteiger partial charge in [-0.2, -0.15) is 5.26 Å². The molecule has 112 valence electrons. The minimum Gasteiger partial charge on any atom is -0.473 e. The quantitative estimate of drug-likeness (QED) is 0.863. The molecule has 0 radical (unpaired) electrons. The summed E-state index contributed by atoms with van der Waals surface area (Å²) in [6.07, 6.45) is 6.97. The number of ether oxygens (including phenoxy) is 1. The van der Waals surface area contributed by atoms with Crippen LogP contribution in [0.3, 0.4) is 0 Å². The molecule has 3 rings (SSSR count). The number of nitrogens with zero attached hydrogens (tertiary/aromatic N) is 5. The number of hydrogen-bond donors (Lipinski definition) is 0. The van der Waals surface area contributed by atoms with Crippen molar-refractivity contribution in [2.75, 3.05) is 18.0 Å². The molecular formula is C16H17N5O. The Morgan fingerprint density at radius 3 is 2.68 bits per heavy atom. The van der Waals surface area contributed by atoms with Crippen molar-refractivity contribution in [2.24, 2.45) is 0 Å². The van der Waals surface area contributed by atoms with Crippen molar-refractivity contribution >= 4 is 5.82 Å². The Morgan fingerprint density at radius 2 is 2.05 bits per heavy atom. The molecule has 0 spiro atoms. The maximum Gasteiger partial charge on any atom is 0.232 e.